The molecule has 1 aromatic heterocycles. The van der Waals surface area contributed by atoms with E-state index in [1.807, 2.05) is 13.8 Å². The van der Waals surface area contributed by atoms with Crippen molar-refractivity contribution < 1.29 is 4.39 Å². The van der Waals surface area contributed by atoms with E-state index in [-0.39, 0.29) is 5.02 Å². The smallest absolute Gasteiger partial charge is 0.139 e. The summed E-state index contributed by atoms with van der Waals surface area (Å²) in [6.45, 7) is 3.88. The molecular formula is C14H15BrClFN4. The highest BCUT2D eigenvalue weighted by Crippen LogP contribution is 2.35. The fraction of sp³-hybridized carbons (Fsp3) is 0.286. The minimum Gasteiger partial charge on any atom is -0.373 e. The minimum atomic E-state index is -0.401. The molecule has 0 amide bonds. The van der Waals surface area contributed by atoms with Gasteiger partial charge in [-0.15, -0.1) is 0 Å². The van der Waals surface area contributed by atoms with Crippen LogP contribution in [0.5, 0.6) is 0 Å². The van der Waals surface area contributed by atoms with Crippen molar-refractivity contribution in [2.75, 3.05) is 17.7 Å². The lowest BCUT2D eigenvalue weighted by Gasteiger charge is -2.15. The van der Waals surface area contributed by atoms with Crippen molar-refractivity contribution in [1.29, 1.82) is 0 Å². The first-order chi connectivity index (χ1) is 9.96. The standard InChI is InChI=1S/C14H15BrClFN4/c1-4-11-19-13(18-3)7(2)14(20-11)21-12-9(15)5-8(17)6-10(12)16/h5-6H,4H2,1-3H3,(H2,18,19,20,21). The van der Waals surface area contributed by atoms with Gasteiger partial charge in [0.25, 0.3) is 0 Å². The van der Waals surface area contributed by atoms with Gasteiger partial charge in [-0.1, -0.05) is 18.5 Å². The van der Waals surface area contributed by atoms with Crippen molar-refractivity contribution in [1.82, 2.24) is 9.97 Å². The molecule has 0 spiro atoms. The quantitative estimate of drug-likeness (QED) is 0.816. The highest BCUT2D eigenvalue weighted by Gasteiger charge is 2.13. The zero-order valence-corrected chi connectivity index (χ0v) is 14.2. The highest BCUT2D eigenvalue weighted by molar-refractivity contribution is 9.10. The van der Waals surface area contributed by atoms with Gasteiger partial charge in [0.2, 0.25) is 0 Å². The Morgan fingerprint density at radius 3 is 2.52 bits per heavy atom. The Balaban J connectivity index is 2.49. The molecule has 2 aromatic rings. The SMILES string of the molecule is CCc1nc(NC)c(C)c(Nc2c(Cl)cc(F)cc2Br)n1. The Morgan fingerprint density at radius 2 is 1.95 bits per heavy atom. The Kier molecular flexibility index (Phi) is 5.00. The predicted molar refractivity (Wildman–Crippen MR) is 88.1 cm³/mol. The van der Waals surface area contributed by atoms with E-state index in [0.717, 1.165) is 11.4 Å². The number of halogens is 3. The maximum Gasteiger partial charge on any atom is 0.139 e. The number of nitrogens with zero attached hydrogens (tertiary/aromatic N) is 2. The molecule has 21 heavy (non-hydrogen) atoms. The predicted octanol–water partition coefficient (Wildman–Crippen LogP) is 4.69. The summed E-state index contributed by atoms with van der Waals surface area (Å²) in [5, 5.41) is 6.47. The van der Waals surface area contributed by atoms with Gasteiger partial charge in [0.1, 0.15) is 23.3 Å². The van der Waals surface area contributed by atoms with Gasteiger partial charge in [0.05, 0.1) is 10.7 Å². The molecule has 0 atom stereocenters. The lowest BCUT2D eigenvalue weighted by atomic mass is 10.2. The molecule has 0 fully saturated rings. The molecule has 0 aliphatic rings. The van der Waals surface area contributed by atoms with E-state index in [1.54, 1.807) is 7.05 Å². The average molecular weight is 374 g/mol. The molecular weight excluding hydrogens is 359 g/mol. The van der Waals surface area contributed by atoms with Crippen LogP contribution in [0.25, 0.3) is 0 Å². The van der Waals surface area contributed by atoms with E-state index in [1.165, 1.54) is 12.1 Å². The number of aryl methyl sites for hydroxylation is 1. The minimum absolute atomic E-state index is 0.281. The summed E-state index contributed by atoms with van der Waals surface area (Å²) in [6.07, 6.45) is 0.710. The number of hydrogen-bond donors (Lipinski definition) is 2. The van der Waals surface area contributed by atoms with Gasteiger partial charge in [-0.25, -0.2) is 14.4 Å². The van der Waals surface area contributed by atoms with E-state index >= 15 is 0 Å². The summed E-state index contributed by atoms with van der Waals surface area (Å²) in [6, 6.07) is 2.61. The highest BCUT2D eigenvalue weighted by atomic mass is 79.9. The summed E-state index contributed by atoms with van der Waals surface area (Å²) in [7, 11) is 1.80. The van der Waals surface area contributed by atoms with Crippen molar-refractivity contribution in [3.05, 3.63) is 38.8 Å². The summed E-state index contributed by atoms with van der Waals surface area (Å²) in [4.78, 5) is 8.87. The molecule has 0 aliphatic heterocycles. The van der Waals surface area contributed by atoms with E-state index in [9.17, 15) is 4.39 Å². The first-order valence-electron chi connectivity index (χ1n) is 6.43. The number of aromatic nitrogens is 2. The van der Waals surface area contributed by atoms with Crippen LogP contribution < -0.4 is 10.6 Å². The van der Waals surface area contributed by atoms with E-state index in [2.05, 4.69) is 36.5 Å². The van der Waals surface area contributed by atoms with E-state index in [4.69, 9.17) is 11.6 Å². The third kappa shape index (κ3) is 3.44. The van der Waals surface area contributed by atoms with Crippen LogP contribution in [0.1, 0.15) is 18.3 Å². The molecule has 2 rings (SSSR count). The van der Waals surface area contributed by atoms with E-state index in [0.29, 0.717) is 28.2 Å². The monoisotopic (exact) mass is 372 g/mol. The van der Waals surface area contributed by atoms with Crippen molar-refractivity contribution in [3.63, 3.8) is 0 Å². The maximum absolute atomic E-state index is 13.3. The fourth-order valence-electron chi connectivity index (χ4n) is 1.87. The van der Waals surface area contributed by atoms with Crippen LogP contribution in [-0.2, 0) is 6.42 Å². The van der Waals surface area contributed by atoms with E-state index < -0.39 is 5.82 Å². The van der Waals surface area contributed by atoms with Crippen molar-refractivity contribution in [3.8, 4) is 0 Å². The summed E-state index contributed by atoms with van der Waals surface area (Å²) in [5.41, 5.74) is 1.44. The first kappa shape index (κ1) is 16.0. The summed E-state index contributed by atoms with van der Waals surface area (Å²) in [5.74, 6) is 1.70. The average Bonchev–Trinajstić information content (AvgIpc) is 2.44. The largest absolute Gasteiger partial charge is 0.373 e. The molecule has 0 saturated carbocycles. The Bertz CT molecular complexity index is 655. The third-order valence-corrected chi connectivity index (χ3v) is 3.92. The van der Waals surface area contributed by atoms with Gasteiger partial charge in [0, 0.05) is 23.5 Å². The van der Waals surface area contributed by atoms with Gasteiger partial charge in [-0.05, 0) is 35.0 Å². The Hall–Kier alpha value is -1.40. The van der Waals surface area contributed by atoms with Gasteiger partial charge >= 0.3 is 0 Å². The van der Waals surface area contributed by atoms with Gasteiger partial charge in [-0.2, -0.15) is 0 Å². The van der Waals surface area contributed by atoms with Crippen LogP contribution in [0, 0.1) is 12.7 Å². The number of nitrogens with one attached hydrogen (secondary N) is 2. The van der Waals surface area contributed by atoms with Crippen molar-refractivity contribution in [2.24, 2.45) is 0 Å². The zero-order valence-electron chi connectivity index (χ0n) is 11.9. The normalized spacial score (nSPS) is 10.6. The number of rotatable bonds is 4. The fourth-order valence-corrected chi connectivity index (χ4v) is 2.77. The van der Waals surface area contributed by atoms with Crippen LogP contribution in [0.2, 0.25) is 5.02 Å². The second kappa shape index (κ2) is 6.58. The molecule has 112 valence electrons. The molecule has 0 saturated heterocycles. The number of benzene rings is 1. The van der Waals surface area contributed by atoms with Gasteiger partial charge in [-0.3, -0.25) is 0 Å². The third-order valence-electron chi connectivity index (χ3n) is 3.00. The second-order valence-corrected chi connectivity index (χ2v) is 5.70. The summed E-state index contributed by atoms with van der Waals surface area (Å²) >= 11 is 9.40. The van der Waals surface area contributed by atoms with Crippen molar-refractivity contribution >= 4 is 44.9 Å². The first-order valence-corrected chi connectivity index (χ1v) is 7.60. The second-order valence-electron chi connectivity index (χ2n) is 4.44. The van der Waals surface area contributed by atoms with Crippen LogP contribution in [-0.4, -0.2) is 17.0 Å². The van der Waals surface area contributed by atoms with Crippen LogP contribution >= 0.6 is 27.5 Å². The molecule has 0 radical (unpaired) electrons. The molecule has 1 aromatic carbocycles. The molecule has 0 aliphatic carbocycles. The molecule has 0 unspecified atom stereocenters. The Labute approximate surface area is 136 Å². The number of hydrogen-bond acceptors (Lipinski definition) is 4. The maximum atomic E-state index is 13.3. The molecule has 7 heteroatoms. The van der Waals surface area contributed by atoms with Gasteiger partial charge < -0.3 is 10.6 Å². The van der Waals surface area contributed by atoms with Crippen LogP contribution in [0.4, 0.5) is 21.7 Å². The lowest BCUT2D eigenvalue weighted by Crippen LogP contribution is -2.07. The molecule has 0 bridgehead atoms. The zero-order chi connectivity index (χ0) is 15.6. The van der Waals surface area contributed by atoms with Crippen molar-refractivity contribution in [2.45, 2.75) is 20.3 Å². The molecule has 2 N–H and O–H groups in total. The molecule has 4 nitrogen and oxygen atoms in total. The molecule has 1 heterocycles. The Morgan fingerprint density at radius 1 is 1.29 bits per heavy atom. The topological polar surface area (TPSA) is 49.8 Å². The van der Waals surface area contributed by atoms with Crippen LogP contribution in [0.15, 0.2) is 16.6 Å². The lowest BCUT2D eigenvalue weighted by molar-refractivity contribution is 0.627. The van der Waals surface area contributed by atoms with Crippen LogP contribution in [0.3, 0.4) is 0 Å². The van der Waals surface area contributed by atoms with Gasteiger partial charge in [0.15, 0.2) is 0 Å². The summed E-state index contributed by atoms with van der Waals surface area (Å²) < 4.78 is 13.8. The number of anilines is 3.